The summed E-state index contributed by atoms with van der Waals surface area (Å²) >= 11 is 0. The van der Waals surface area contributed by atoms with Crippen molar-refractivity contribution in [2.24, 2.45) is 0 Å². The molecule has 44 heavy (non-hydrogen) atoms. The van der Waals surface area contributed by atoms with Gasteiger partial charge in [-0.05, 0) is 60.6 Å². The number of rotatable bonds is 3. The minimum Gasteiger partial charge on any atom is -0.252 e. The Labute approximate surface area is 253 Å². The molecule has 2 aromatic heterocycles. The van der Waals surface area contributed by atoms with E-state index in [1.807, 2.05) is 36.5 Å². The second kappa shape index (κ2) is 9.79. The van der Waals surface area contributed by atoms with Crippen LogP contribution in [-0.4, -0.2) is 19.9 Å². The number of hydrogen-bond donors (Lipinski definition) is 0. The number of benzene rings is 7. The molecule has 0 saturated carbocycles. The first-order chi connectivity index (χ1) is 21.8. The number of nitrogens with zero attached hydrogens (tertiary/aromatic N) is 4. The van der Waals surface area contributed by atoms with Crippen LogP contribution in [-0.2, 0) is 0 Å². The minimum absolute atomic E-state index is 0.547. The fourth-order valence-electron chi connectivity index (χ4n) is 6.41. The van der Waals surface area contributed by atoms with Crippen LogP contribution in [0.3, 0.4) is 0 Å². The molecule has 0 aliphatic carbocycles. The van der Waals surface area contributed by atoms with E-state index < -0.39 is 0 Å². The molecule has 4 nitrogen and oxygen atoms in total. The van der Waals surface area contributed by atoms with Gasteiger partial charge in [-0.1, -0.05) is 127 Å². The van der Waals surface area contributed by atoms with Crippen LogP contribution in [0.25, 0.3) is 88.2 Å². The van der Waals surface area contributed by atoms with Crippen LogP contribution in [0.5, 0.6) is 0 Å². The van der Waals surface area contributed by atoms with Gasteiger partial charge in [0.05, 0.1) is 0 Å². The lowest BCUT2D eigenvalue weighted by molar-refractivity contribution is 1.06. The summed E-state index contributed by atoms with van der Waals surface area (Å²) in [5, 5.41) is 11.7. The van der Waals surface area contributed by atoms with Gasteiger partial charge in [0.1, 0.15) is 5.69 Å². The van der Waals surface area contributed by atoms with E-state index >= 15 is 0 Å². The maximum Gasteiger partial charge on any atom is 0.182 e. The van der Waals surface area contributed by atoms with E-state index in [0.717, 1.165) is 32.7 Å². The van der Waals surface area contributed by atoms with Crippen LogP contribution in [0.2, 0.25) is 0 Å². The van der Waals surface area contributed by atoms with Crippen molar-refractivity contribution in [1.82, 2.24) is 19.9 Å². The Kier molecular flexibility index (Phi) is 5.47. The lowest BCUT2D eigenvalue weighted by atomic mass is 9.96. The number of aromatic nitrogens is 4. The molecule has 0 atom stereocenters. The fourth-order valence-corrected chi connectivity index (χ4v) is 6.41. The van der Waals surface area contributed by atoms with E-state index in [2.05, 4.69) is 109 Å². The molecule has 0 aliphatic heterocycles. The minimum atomic E-state index is 0.547. The quantitative estimate of drug-likeness (QED) is 0.202. The van der Waals surface area contributed by atoms with Crippen molar-refractivity contribution in [3.63, 3.8) is 0 Å². The van der Waals surface area contributed by atoms with Gasteiger partial charge in [0.2, 0.25) is 0 Å². The molecule has 4 heteroatoms. The highest BCUT2D eigenvalue weighted by Gasteiger charge is 2.17. The van der Waals surface area contributed by atoms with E-state index in [-0.39, 0.29) is 0 Å². The third-order valence-electron chi connectivity index (χ3n) is 8.51. The smallest absolute Gasteiger partial charge is 0.182 e. The van der Waals surface area contributed by atoms with Gasteiger partial charge in [-0.3, -0.25) is 4.98 Å². The zero-order chi connectivity index (χ0) is 29.0. The van der Waals surface area contributed by atoms with Crippen molar-refractivity contribution in [2.45, 2.75) is 0 Å². The molecule has 0 N–H and O–H groups in total. The van der Waals surface area contributed by atoms with E-state index in [0.29, 0.717) is 23.2 Å². The van der Waals surface area contributed by atoms with Gasteiger partial charge in [-0.2, -0.15) is 0 Å². The molecule has 0 fully saturated rings. The molecule has 0 aliphatic rings. The van der Waals surface area contributed by atoms with Gasteiger partial charge in [0.15, 0.2) is 17.5 Å². The average molecular weight is 561 g/mol. The van der Waals surface area contributed by atoms with E-state index in [1.165, 1.54) is 32.3 Å². The summed E-state index contributed by atoms with van der Waals surface area (Å²) < 4.78 is 0. The zero-order valence-electron chi connectivity index (χ0n) is 23.6. The van der Waals surface area contributed by atoms with Gasteiger partial charge in [0, 0.05) is 22.7 Å². The van der Waals surface area contributed by atoms with Gasteiger partial charge in [-0.25, -0.2) is 15.0 Å². The Morgan fingerprint density at radius 3 is 1.82 bits per heavy atom. The lowest BCUT2D eigenvalue weighted by Gasteiger charge is -2.13. The maximum absolute atomic E-state index is 5.12. The van der Waals surface area contributed by atoms with Crippen LogP contribution in [0.15, 0.2) is 146 Å². The first-order valence-corrected chi connectivity index (χ1v) is 14.7. The van der Waals surface area contributed by atoms with Crippen LogP contribution in [0, 0.1) is 0 Å². The molecule has 0 saturated heterocycles. The summed E-state index contributed by atoms with van der Waals surface area (Å²) in [6, 6.07) is 48.6. The second-order valence-electron chi connectivity index (χ2n) is 11.1. The predicted octanol–water partition coefficient (Wildman–Crippen LogP) is 10.0. The predicted molar refractivity (Wildman–Crippen MR) is 181 cm³/mol. The van der Waals surface area contributed by atoms with Crippen LogP contribution < -0.4 is 0 Å². The number of pyridine rings is 1. The Bertz CT molecular complexity index is 2550. The van der Waals surface area contributed by atoms with E-state index in [1.54, 1.807) is 0 Å². The fraction of sp³-hybridized carbons (Fsp3) is 0. The maximum atomic E-state index is 5.12. The highest BCUT2D eigenvalue weighted by atomic mass is 15.0. The molecule has 2 heterocycles. The molecule has 0 bridgehead atoms. The van der Waals surface area contributed by atoms with Crippen LogP contribution in [0.1, 0.15) is 0 Å². The third-order valence-corrected chi connectivity index (χ3v) is 8.51. The van der Waals surface area contributed by atoms with Crippen LogP contribution in [0.4, 0.5) is 0 Å². The Morgan fingerprint density at radius 2 is 0.977 bits per heavy atom. The highest BCUT2D eigenvalue weighted by molar-refractivity contribution is 6.20. The normalized spacial score (nSPS) is 11.6. The summed E-state index contributed by atoms with van der Waals surface area (Å²) in [6.45, 7) is 0. The summed E-state index contributed by atoms with van der Waals surface area (Å²) in [6.07, 6.45) is 1.93. The molecule has 0 radical (unpaired) electrons. The Hall–Kier alpha value is -6.00. The van der Waals surface area contributed by atoms with Gasteiger partial charge in [0.25, 0.3) is 0 Å². The van der Waals surface area contributed by atoms with Crippen LogP contribution >= 0.6 is 0 Å². The van der Waals surface area contributed by atoms with Crippen molar-refractivity contribution in [1.29, 1.82) is 0 Å². The Balaban J connectivity index is 1.34. The second-order valence-corrected chi connectivity index (χ2v) is 11.1. The SMILES string of the molecule is c1ccc(-c2nc(-c3cc4c(ccc5ccc6ccccc6c54)cn3)nc(-c3cc4ccccc4c4ccccc34)n2)cc1. The molecule has 9 rings (SSSR count). The topological polar surface area (TPSA) is 51.6 Å². The van der Waals surface area contributed by atoms with E-state index in [9.17, 15) is 0 Å². The molecule has 0 amide bonds. The largest absolute Gasteiger partial charge is 0.252 e. The lowest BCUT2D eigenvalue weighted by Crippen LogP contribution is -2.01. The summed E-state index contributed by atoms with van der Waals surface area (Å²) in [4.78, 5) is 20.1. The third kappa shape index (κ3) is 3.92. The van der Waals surface area contributed by atoms with Gasteiger partial charge in [-0.15, -0.1) is 0 Å². The molecule has 0 spiro atoms. The molecular weight excluding hydrogens is 536 g/mol. The molecule has 204 valence electrons. The average Bonchev–Trinajstić information content (AvgIpc) is 3.11. The summed E-state index contributed by atoms with van der Waals surface area (Å²) in [7, 11) is 0. The summed E-state index contributed by atoms with van der Waals surface area (Å²) in [5.41, 5.74) is 2.61. The first kappa shape index (κ1) is 24.6. The molecule has 9 aromatic rings. The Morgan fingerprint density at radius 1 is 0.364 bits per heavy atom. The van der Waals surface area contributed by atoms with Gasteiger partial charge < -0.3 is 0 Å². The number of fused-ring (bicyclic) bond motifs is 8. The highest BCUT2D eigenvalue weighted by Crippen LogP contribution is 2.36. The van der Waals surface area contributed by atoms with Gasteiger partial charge >= 0.3 is 0 Å². The van der Waals surface area contributed by atoms with E-state index in [4.69, 9.17) is 19.9 Å². The van der Waals surface area contributed by atoms with Crippen molar-refractivity contribution in [3.8, 4) is 34.3 Å². The standard InChI is InChI=1S/C40H24N4/c1-2-11-27(12-3-1)38-42-39(35-22-28-13-5-6-14-30(28)32-16-8-9-17-33(32)35)44-40(43-38)36-23-34-29(24-41-36)21-20-26-19-18-25-10-4-7-15-31(25)37(26)34/h1-24H. The van der Waals surface area contributed by atoms with Crippen molar-refractivity contribution >= 4 is 53.9 Å². The van der Waals surface area contributed by atoms with Crippen molar-refractivity contribution < 1.29 is 0 Å². The summed E-state index contributed by atoms with van der Waals surface area (Å²) in [5.74, 6) is 1.79. The zero-order valence-corrected chi connectivity index (χ0v) is 23.6. The molecular formula is C40H24N4. The van der Waals surface area contributed by atoms with Crippen molar-refractivity contribution in [2.75, 3.05) is 0 Å². The molecule has 7 aromatic carbocycles. The molecule has 0 unspecified atom stereocenters. The monoisotopic (exact) mass is 560 g/mol. The number of hydrogen-bond acceptors (Lipinski definition) is 4. The van der Waals surface area contributed by atoms with Crippen molar-refractivity contribution in [3.05, 3.63) is 146 Å². The first-order valence-electron chi connectivity index (χ1n) is 14.7.